The largest absolute Gasteiger partial charge is 0.491 e. The number of nitrogens with two attached hydrogens (primary N) is 1. The Morgan fingerprint density at radius 2 is 2.12 bits per heavy atom. The first-order chi connectivity index (χ1) is 8.11. The van der Waals surface area contributed by atoms with E-state index in [0.29, 0.717) is 5.92 Å². The van der Waals surface area contributed by atoms with Crippen molar-refractivity contribution in [2.75, 3.05) is 0 Å². The lowest BCUT2D eigenvalue weighted by Crippen LogP contribution is -2.29. The van der Waals surface area contributed by atoms with Crippen molar-refractivity contribution < 1.29 is 4.74 Å². The highest BCUT2D eigenvalue weighted by Crippen LogP contribution is 2.46. The Bertz CT molecular complexity index is 378. The van der Waals surface area contributed by atoms with Crippen molar-refractivity contribution in [1.29, 1.82) is 0 Å². The van der Waals surface area contributed by atoms with Crippen LogP contribution in [0.3, 0.4) is 0 Å². The Morgan fingerprint density at radius 1 is 1.41 bits per heavy atom. The molecule has 3 N–H and O–H groups in total. The first-order valence-electron chi connectivity index (χ1n) is 6.34. The number of nitrogens with one attached hydrogen (secondary N) is 1. The van der Waals surface area contributed by atoms with Gasteiger partial charge in [-0.1, -0.05) is 19.1 Å². The normalized spacial score (nSPS) is 24.8. The molecule has 1 aromatic rings. The minimum atomic E-state index is 0.203. The molecule has 1 aliphatic carbocycles. The van der Waals surface area contributed by atoms with E-state index in [0.717, 1.165) is 11.7 Å². The van der Waals surface area contributed by atoms with E-state index in [1.165, 1.54) is 12.0 Å². The molecular formula is C14H22N2O. The molecular weight excluding hydrogens is 212 g/mol. The molecule has 3 nitrogen and oxygen atoms in total. The van der Waals surface area contributed by atoms with Crippen LogP contribution < -0.4 is 16.0 Å². The zero-order valence-electron chi connectivity index (χ0n) is 10.8. The maximum atomic E-state index is 5.71. The number of hydrogen-bond acceptors (Lipinski definition) is 3. The molecule has 1 aliphatic rings. The van der Waals surface area contributed by atoms with E-state index in [-0.39, 0.29) is 12.1 Å². The molecule has 3 heteroatoms. The average molecular weight is 234 g/mol. The van der Waals surface area contributed by atoms with Gasteiger partial charge in [-0.3, -0.25) is 11.3 Å². The van der Waals surface area contributed by atoms with Crippen LogP contribution in [0.4, 0.5) is 0 Å². The van der Waals surface area contributed by atoms with Gasteiger partial charge in [0, 0.05) is 6.04 Å². The summed E-state index contributed by atoms with van der Waals surface area (Å²) in [5.41, 5.74) is 4.16. The molecule has 0 bridgehead atoms. The van der Waals surface area contributed by atoms with E-state index < -0.39 is 0 Å². The summed E-state index contributed by atoms with van der Waals surface area (Å²) < 4.78 is 5.71. The predicted octanol–water partition coefficient (Wildman–Crippen LogP) is 2.63. The van der Waals surface area contributed by atoms with Crippen molar-refractivity contribution in [1.82, 2.24) is 5.43 Å². The molecule has 3 atom stereocenters. The lowest BCUT2D eigenvalue weighted by molar-refractivity contribution is 0.242. The topological polar surface area (TPSA) is 47.3 Å². The van der Waals surface area contributed by atoms with Crippen LogP contribution in [-0.4, -0.2) is 6.10 Å². The van der Waals surface area contributed by atoms with Crippen LogP contribution in [-0.2, 0) is 0 Å². The summed E-state index contributed by atoms with van der Waals surface area (Å²) in [5.74, 6) is 8.02. The first kappa shape index (κ1) is 12.4. The summed E-state index contributed by atoms with van der Waals surface area (Å²) in [7, 11) is 0. The molecule has 17 heavy (non-hydrogen) atoms. The van der Waals surface area contributed by atoms with Gasteiger partial charge in [0.15, 0.2) is 0 Å². The Morgan fingerprint density at radius 3 is 2.65 bits per heavy atom. The summed E-state index contributed by atoms with van der Waals surface area (Å²) in [6.45, 7) is 6.34. The van der Waals surface area contributed by atoms with E-state index in [1.54, 1.807) is 0 Å². The van der Waals surface area contributed by atoms with Gasteiger partial charge in [0.05, 0.1) is 6.10 Å². The number of hydrogen-bond donors (Lipinski definition) is 2. The van der Waals surface area contributed by atoms with Gasteiger partial charge in [0.1, 0.15) is 5.75 Å². The summed E-state index contributed by atoms with van der Waals surface area (Å²) in [6.07, 6.45) is 1.46. The quantitative estimate of drug-likeness (QED) is 0.608. The molecule has 0 aliphatic heterocycles. The summed E-state index contributed by atoms with van der Waals surface area (Å²) in [5, 5.41) is 0. The van der Waals surface area contributed by atoms with E-state index >= 15 is 0 Å². The summed E-state index contributed by atoms with van der Waals surface area (Å²) >= 11 is 0. The van der Waals surface area contributed by atoms with E-state index in [9.17, 15) is 0 Å². The van der Waals surface area contributed by atoms with Crippen molar-refractivity contribution in [3.63, 3.8) is 0 Å². The number of hydrazine groups is 1. The number of benzene rings is 1. The molecule has 94 valence electrons. The maximum Gasteiger partial charge on any atom is 0.120 e. The van der Waals surface area contributed by atoms with E-state index in [1.807, 2.05) is 26.0 Å². The van der Waals surface area contributed by atoms with Gasteiger partial charge >= 0.3 is 0 Å². The number of rotatable bonds is 5. The Hall–Kier alpha value is -1.06. The van der Waals surface area contributed by atoms with Gasteiger partial charge in [-0.2, -0.15) is 0 Å². The predicted molar refractivity (Wildman–Crippen MR) is 69.5 cm³/mol. The highest BCUT2D eigenvalue weighted by Gasteiger charge is 2.39. The molecule has 0 spiro atoms. The van der Waals surface area contributed by atoms with E-state index in [4.69, 9.17) is 10.6 Å². The Balaban J connectivity index is 2.13. The monoisotopic (exact) mass is 234 g/mol. The fourth-order valence-corrected chi connectivity index (χ4v) is 2.34. The van der Waals surface area contributed by atoms with Crippen LogP contribution in [0, 0.1) is 11.8 Å². The van der Waals surface area contributed by atoms with Crippen molar-refractivity contribution in [2.45, 2.75) is 39.3 Å². The van der Waals surface area contributed by atoms with Gasteiger partial charge in [-0.15, -0.1) is 0 Å². The fraction of sp³-hybridized carbons (Fsp3) is 0.571. The SMILES string of the molecule is CC(C)Oc1cccc(C(NN)C2CC2C)c1. The number of ether oxygens (including phenoxy) is 1. The van der Waals surface area contributed by atoms with Crippen LogP contribution in [0.5, 0.6) is 5.75 Å². The second-order valence-electron chi connectivity index (χ2n) is 5.26. The molecule has 1 saturated carbocycles. The van der Waals surface area contributed by atoms with Crippen LogP contribution >= 0.6 is 0 Å². The average Bonchev–Trinajstić information content (AvgIpc) is 2.96. The minimum Gasteiger partial charge on any atom is -0.491 e. The lowest BCUT2D eigenvalue weighted by Gasteiger charge is -2.18. The van der Waals surface area contributed by atoms with Crippen molar-refractivity contribution >= 4 is 0 Å². The molecule has 0 aromatic heterocycles. The lowest BCUT2D eigenvalue weighted by atomic mass is 10.0. The zero-order valence-corrected chi connectivity index (χ0v) is 10.8. The molecule has 0 amide bonds. The third kappa shape index (κ3) is 2.99. The second-order valence-corrected chi connectivity index (χ2v) is 5.26. The molecule has 0 radical (unpaired) electrons. The van der Waals surface area contributed by atoms with Crippen LogP contribution in [0.25, 0.3) is 0 Å². The first-order valence-corrected chi connectivity index (χ1v) is 6.34. The highest BCUT2D eigenvalue weighted by molar-refractivity contribution is 5.31. The van der Waals surface area contributed by atoms with Crippen molar-refractivity contribution in [3.05, 3.63) is 29.8 Å². The molecule has 1 fully saturated rings. The van der Waals surface area contributed by atoms with Crippen LogP contribution in [0.15, 0.2) is 24.3 Å². The molecule has 3 unspecified atom stereocenters. The Kier molecular flexibility index (Phi) is 3.69. The minimum absolute atomic E-state index is 0.203. The van der Waals surface area contributed by atoms with Gasteiger partial charge in [0.25, 0.3) is 0 Å². The maximum absolute atomic E-state index is 5.71. The molecule has 1 aromatic carbocycles. The van der Waals surface area contributed by atoms with Crippen molar-refractivity contribution in [2.24, 2.45) is 17.7 Å². The standard InChI is InChI=1S/C14H22N2O/c1-9(2)17-12-6-4-5-11(8-12)14(16-15)13-7-10(13)3/h4-6,8-10,13-14,16H,7,15H2,1-3H3. The second kappa shape index (κ2) is 5.07. The highest BCUT2D eigenvalue weighted by atomic mass is 16.5. The Labute approximate surface area is 103 Å². The molecule has 2 rings (SSSR count). The smallest absolute Gasteiger partial charge is 0.120 e. The third-order valence-corrected chi connectivity index (χ3v) is 3.37. The summed E-state index contributed by atoms with van der Waals surface area (Å²) in [6, 6.07) is 8.48. The fourth-order valence-electron chi connectivity index (χ4n) is 2.34. The third-order valence-electron chi connectivity index (χ3n) is 3.37. The van der Waals surface area contributed by atoms with Crippen molar-refractivity contribution in [3.8, 4) is 5.75 Å². The molecule has 0 saturated heterocycles. The zero-order chi connectivity index (χ0) is 12.4. The van der Waals surface area contributed by atoms with Gasteiger partial charge in [-0.05, 0) is 49.8 Å². The van der Waals surface area contributed by atoms with Crippen LogP contribution in [0.1, 0.15) is 38.8 Å². The molecule has 0 heterocycles. The van der Waals surface area contributed by atoms with Crippen LogP contribution in [0.2, 0.25) is 0 Å². The van der Waals surface area contributed by atoms with Gasteiger partial charge in [0.2, 0.25) is 0 Å². The summed E-state index contributed by atoms with van der Waals surface area (Å²) in [4.78, 5) is 0. The van der Waals surface area contributed by atoms with E-state index in [2.05, 4.69) is 24.5 Å². The van der Waals surface area contributed by atoms with Gasteiger partial charge < -0.3 is 4.74 Å². The van der Waals surface area contributed by atoms with Gasteiger partial charge in [-0.25, -0.2) is 0 Å².